The number of aliphatic hydroxyl groups excluding tert-OH is 1. The maximum absolute atomic E-state index is 11.8. The molecule has 2 atom stereocenters. The van der Waals surface area contributed by atoms with Gasteiger partial charge in [-0.3, -0.25) is 4.79 Å². The van der Waals surface area contributed by atoms with E-state index in [9.17, 15) is 14.7 Å². The summed E-state index contributed by atoms with van der Waals surface area (Å²) in [7, 11) is 0. The molecule has 7 heteroatoms. The van der Waals surface area contributed by atoms with Gasteiger partial charge in [0.25, 0.3) is 5.91 Å². The van der Waals surface area contributed by atoms with Crippen LogP contribution in [0.25, 0.3) is 0 Å². The fraction of sp³-hybridized carbons (Fsp3) is 0.500. The fourth-order valence-electron chi connectivity index (χ4n) is 1.34. The van der Waals surface area contributed by atoms with Crippen molar-refractivity contribution >= 4 is 23.2 Å². The number of carbonyl (C=O) groups excluding carboxylic acids is 1. The smallest absolute Gasteiger partial charge is 0.328 e. The zero-order valence-corrected chi connectivity index (χ0v) is 10.5. The van der Waals surface area contributed by atoms with E-state index in [0.717, 1.165) is 5.01 Å². The number of thiazole rings is 1. The normalized spacial score (nSPS) is 14.1. The van der Waals surface area contributed by atoms with Crippen molar-refractivity contribution in [2.75, 3.05) is 0 Å². The van der Waals surface area contributed by atoms with Crippen molar-refractivity contribution in [3.05, 3.63) is 15.6 Å². The summed E-state index contributed by atoms with van der Waals surface area (Å²) >= 11 is 1.19. The van der Waals surface area contributed by atoms with E-state index in [1.165, 1.54) is 18.3 Å². The van der Waals surface area contributed by atoms with E-state index < -0.39 is 24.0 Å². The molecular formula is C10H14N2O4S. The average Bonchev–Trinajstić information content (AvgIpc) is 2.53. The number of nitrogens with zero attached hydrogens (tertiary/aromatic N) is 1. The van der Waals surface area contributed by atoms with Crippen molar-refractivity contribution < 1.29 is 19.8 Å². The van der Waals surface area contributed by atoms with Gasteiger partial charge in [0.2, 0.25) is 0 Å². The molecule has 1 aromatic heterocycles. The van der Waals surface area contributed by atoms with Crippen LogP contribution in [-0.2, 0) is 4.79 Å². The first-order valence-electron chi connectivity index (χ1n) is 4.98. The molecule has 1 rings (SSSR count). The molecule has 0 aliphatic rings. The molecular weight excluding hydrogens is 244 g/mol. The van der Waals surface area contributed by atoms with E-state index in [4.69, 9.17) is 5.11 Å². The quantitative estimate of drug-likeness (QED) is 0.722. The van der Waals surface area contributed by atoms with Crippen molar-refractivity contribution in [1.29, 1.82) is 0 Å². The molecule has 1 amide bonds. The van der Waals surface area contributed by atoms with E-state index in [0.29, 0.717) is 10.6 Å². The summed E-state index contributed by atoms with van der Waals surface area (Å²) in [5, 5.41) is 21.1. The van der Waals surface area contributed by atoms with Gasteiger partial charge in [0.1, 0.15) is 4.88 Å². The molecule has 0 saturated heterocycles. The molecule has 0 aliphatic carbocycles. The highest BCUT2D eigenvalue weighted by Crippen LogP contribution is 2.17. The number of aliphatic hydroxyl groups is 1. The molecule has 0 unspecified atom stereocenters. The molecule has 0 aliphatic heterocycles. The lowest BCUT2D eigenvalue weighted by Gasteiger charge is -2.16. The van der Waals surface area contributed by atoms with Gasteiger partial charge in [-0.05, 0) is 20.8 Å². The molecule has 1 aromatic rings. The minimum Gasteiger partial charge on any atom is -0.480 e. The molecule has 0 bridgehead atoms. The molecule has 0 saturated carbocycles. The summed E-state index contributed by atoms with van der Waals surface area (Å²) in [6.07, 6.45) is -1.16. The number of hydrogen-bond acceptors (Lipinski definition) is 5. The Hall–Kier alpha value is -1.47. The Morgan fingerprint density at radius 1 is 1.41 bits per heavy atom. The number of aromatic nitrogens is 1. The Balaban J connectivity index is 2.85. The van der Waals surface area contributed by atoms with E-state index in [2.05, 4.69) is 10.3 Å². The highest BCUT2D eigenvalue weighted by Gasteiger charge is 2.26. The maximum Gasteiger partial charge on any atom is 0.328 e. The number of hydrogen-bond donors (Lipinski definition) is 3. The van der Waals surface area contributed by atoms with Crippen LogP contribution in [0.4, 0.5) is 0 Å². The topological polar surface area (TPSA) is 99.5 Å². The third kappa shape index (κ3) is 3.24. The third-order valence-electron chi connectivity index (χ3n) is 2.14. The lowest BCUT2D eigenvalue weighted by atomic mass is 10.2. The first-order chi connectivity index (χ1) is 7.82. The number of carboxylic acids is 1. The van der Waals surface area contributed by atoms with Crippen LogP contribution in [0.5, 0.6) is 0 Å². The van der Waals surface area contributed by atoms with Gasteiger partial charge in [0.05, 0.1) is 16.8 Å². The second-order valence-electron chi connectivity index (χ2n) is 3.68. The summed E-state index contributed by atoms with van der Waals surface area (Å²) in [6, 6.07) is -1.32. The number of rotatable bonds is 4. The number of nitrogens with one attached hydrogen (secondary N) is 1. The summed E-state index contributed by atoms with van der Waals surface area (Å²) in [6.45, 7) is 4.75. The van der Waals surface area contributed by atoms with Crippen molar-refractivity contribution in [2.45, 2.75) is 32.9 Å². The Morgan fingerprint density at radius 2 is 2.00 bits per heavy atom. The molecule has 1 heterocycles. The van der Waals surface area contributed by atoms with Gasteiger partial charge in [-0.2, -0.15) is 0 Å². The molecule has 0 aromatic carbocycles. The highest BCUT2D eigenvalue weighted by atomic mass is 32.1. The number of aryl methyl sites for hydroxylation is 2. The number of carboxylic acid groups (broad SMARTS) is 1. The predicted molar refractivity (Wildman–Crippen MR) is 62.2 cm³/mol. The van der Waals surface area contributed by atoms with Crippen molar-refractivity contribution in [1.82, 2.24) is 10.3 Å². The molecule has 3 N–H and O–H groups in total. The molecule has 0 spiro atoms. The second-order valence-corrected chi connectivity index (χ2v) is 4.88. The van der Waals surface area contributed by atoms with Gasteiger partial charge < -0.3 is 15.5 Å². The standard InChI is InChI=1S/C10H14N2O4S/c1-4-8(17-6(3)11-4)9(14)12-7(5(2)13)10(15)16/h5,7,13H,1-3H3,(H,12,14)(H,15,16)/t5-,7+/m1/s1. The minimum absolute atomic E-state index is 0.370. The first kappa shape index (κ1) is 13.6. The van der Waals surface area contributed by atoms with Gasteiger partial charge in [-0.15, -0.1) is 11.3 Å². The monoisotopic (exact) mass is 258 g/mol. The van der Waals surface area contributed by atoms with Crippen LogP contribution in [0, 0.1) is 13.8 Å². The van der Waals surface area contributed by atoms with E-state index in [1.807, 2.05) is 0 Å². The van der Waals surface area contributed by atoms with Crippen LogP contribution < -0.4 is 5.32 Å². The SMILES string of the molecule is Cc1nc(C)c(C(=O)N[C@H](C(=O)O)[C@@H](C)O)s1. The largest absolute Gasteiger partial charge is 0.480 e. The van der Waals surface area contributed by atoms with Gasteiger partial charge in [-0.1, -0.05) is 0 Å². The Morgan fingerprint density at radius 3 is 2.35 bits per heavy atom. The minimum atomic E-state index is -1.32. The number of carbonyl (C=O) groups is 2. The van der Waals surface area contributed by atoms with E-state index >= 15 is 0 Å². The van der Waals surface area contributed by atoms with Gasteiger partial charge in [0.15, 0.2) is 6.04 Å². The summed E-state index contributed by atoms with van der Waals surface area (Å²) in [5.74, 6) is -1.80. The average molecular weight is 258 g/mol. The maximum atomic E-state index is 11.8. The van der Waals surface area contributed by atoms with Gasteiger partial charge in [-0.25, -0.2) is 9.78 Å². The molecule has 0 fully saturated rings. The van der Waals surface area contributed by atoms with Gasteiger partial charge in [0, 0.05) is 0 Å². The van der Waals surface area contributed by atoms with E-state index in [-0.39, 0.29) is 0 Å². The molecule has 17 heavy (non-hydrogen) atoms. The Labute approximate surface area is 102 Å². The Kier molecular flexibility index (Phi) is 4.19. The fourth-order valence-corrected chi connectivity index (χ4v) is 2.16. The summed E-state index contributed by atoms with van der Waals surface area (Å²) in [5.41, 5.74) is 0.555. The van der Waals surface area contributed by atoms with Crippen LogP contribution in [0.15, 0.2) is 0 Å². The lowest BCUT2D eigenvalue weighted by Crippen LogP contribution is -2.47. The van der Waals surface area contributed by atoms with Crippen LogP contribution in [0.1, 0.15) is 27.3 Å². The van der Waals surface area contributed by atoms with Crippen molar-refractivity contribution in [3.63, 3.8) is 0 Å². The third-order valence-corrected chi connectivity index (χ3v) is 3.22. The zero-order chi connectivity index (χ0) is 13.2. The Bertz CT molecular complexity index is 442. The van der Waals surface area contributed by atoms with Crippen molar-refractivity contribution in [3.8, 4) is 0 Å². The zero-order valence-electron chi connectivity index (χ0n) is 9.72. The lowest BCUT2D eigenvalue weighted by molar-refractivity contribution is -0.141. The summed E-state index contributed by atoms with van der Waals surface area (Å²) < 4.78 is 0. The molecule has 6 nitrogen and oxygen atoms in total. The highest BCUT2D eigenvalue weighted by molar-refractivity contribution is 7.13. The van der Waals surface area contributed by atoms with Crippen molar-refractivity contribution in [2.24, 2.45) is 0 Å². The number of aliphatic carboxylic acids is 1. The van der Waals surface area contributed by atoms with Crippen LogP contribution in [-0.4, -0.2) is 39.2 Å². The van der Waals surface area contributed by atoms with Crippen LogP contribution in [0.2, 0.25) is 0 Å². The van der Waals surface area contributed by atoms with Crippen LogP contribution in [0.3, 0.4) is 0 Å². The molecule has 94 valence electrons. The van der Waals surface area contributed by atoms with E-state index in [1.54, 1.807) is 13.8 Å². The summed E-state index contributed by atoms with van der Waals surface area (Å²) in [4.78, 5) is 27.0. The predicted octanol–water partition coefficient (Wildman–Crippen LogP) is 0.324. The first-order valence-corrected chi connectivity index (χ1v) is 5.80. The van der Waals surface area contributed by atoms with Gasteiger partial charge >= 0.3 is 5.97 Å². The van der Waals surface area contributed by atoms with Crippen LogP contribution >= 0.6 is 11.3 Å². The molecule has 0 radical (unpaired) electrons. The second kappa shape index (κ2) is 5.24. The number of amides is 1.